The minimum absolute atomic E-state index is 0.299. The van der Waals surface area contributed by atoms with Crippen LogP contribution in [0.3, 0.4) is 0 Å². The Morgan fingerprint density at radius 3 is 2.88 bits per heavy atom. The predicted octanol–water partition coefficient (Wildman–Crippen LogP) is 2.03. The monoisotopic (exact) mass is 342 g/mol. The summed E-state index contributed by atoms with van der Waals surface area (Å²) >= 11 is 0. The average Bonchev–Trinajstić information content (AvgIpc) is 3.34. The minimum atomic E-state index is 0.299. The minimum Gasteiger partial charge on any atom is -0.376 e. The number of hydrogen-bond acceptors (Lipinski definition) is 5. The van der Waals surface area contributed by atoms with Gasteiger partial charge in [0, 0.05) is 23.8 Å². The fourth-order valence-corrected chi connectivity index (χ4v) is 4.62. The zero-order chi connectivity index (χ0) is 16.7. The molecule has 7 nitrogen and oxygen atoms in total. The summed E-state index contributed by atoms with van der Waals surface area (Å²) in [6, 6.07) is 0.496. The highest BCUT2D eigenvalue weighted by atomic mass is 16.5. The second kappa shape index (κ2) is 6.21. The molecule has 1 saturated carbocycles. The Morgan fingerprint density at radius 1 is 1.20 bits per heavy atom. The van der Waals surface area contributed by atoms with E-state index in [0.717, 1.165) is 50.3 Å². The highest BCUT2D eigenvalue weighted by Gasteiger charge is 2.48. The number of rotatable bonds is 4. The van der Waals surface area contributed by atoms with Gasteiger partial charge in [-0.25, -0.2) is 4.68 Å². The van der Waals surface area contributed by atoms with E-state index in [2.05, 4.69) is 31.6 Å². The maximum absolute atomic E-state index is 6.00. The number of nitrogens with zero attached hydrogens (tertiary/aromatic N) is 5. The smallest absolute Gasteiger partial charge is 0.116 e. The molecule has 3 aliphatic rings. The topological polar surface area (TPSA) is 69.8 Å². The summed E-state index contributed by atoms with van der Waals surface area (Å²) in [6.07, 6.45) is 13.8. The lowest BCUT2D eigenvalue weighted by Gasteiger charge is -2.41. The highest BCUT2D eigenvalue weighted by molar-refractivity contribution is 5.55. The van der Waals surface area contributed by atoms with Crippen LogP contribution in [0.4, 0.5) is 0 Å². The van der Waals surface area contributed by atoms with Gasteiger partial charge in [0.2, 0.25) is 0 Å². The molecular formula is C18H26N6O. The van der Waals surface area contributed by atoms with Gasteiger partial charge in [-0.2, -0.15) is 5.10 Å². The average molecular weight is 342 g/mol. The third-order valence-corrected chi connectivity index (χ3v) is 6.42. The van der Waals surface area contributed by atoms with E-state index in [-0.39, 0.29) is 0 Å². The Morgan fingerprint density at radius 2 is 2.08 bits per heavy atom. The fraction of sp³-hybridized carbons (Fsp3) is 0.722. The summed E-state index contributed by atoms with van der Waals surface area (Å²) in [7, 11) is 0. The summed E-state index contributed by atoms with van der Waals surface area (Å²) in [5.41, 5.74) is 2.38. The summed E-state index contributed by atoms with van der Waals surface area (Å²) in [5, 5.41) is 16.7. The van der Waals surface area contributed by atoms with Gasteiger partial charge < -0.3 is 10.1 Å². The van der Waals surface area contributed by atoms with E-state index in [0.29, 0.717) is 17.6 Å². The zero-order valence-electron chi connectivity index (χ0n) is 14.6. The summed E-state index contributed by atoms with van der Waals surface area (Å²) in [5.74, 6) is 0. The van der Waals surface area contributed by atoms with Gasteiger partial charge in [-0.1, -0.05) is 11.6 Å². The molecule has 2 aromatic rings. The first kappa shape index (κ1) is 15.5. The van der Waals surface area contributed by atoms with Crippen molar-refractivity contribution in [2.45, 2.75) is 57.2 Å². The predicted molar refractivity (Wildman–Crippen MR) is 93.0 cm³/mol. The molecule has 1 unspecified atom stereocenters. The van der Waals surface area contributed by atoms with Crippen LogP contribution in [-0.4, -0.2) is 50.6 Å². The first-order valence-electron chi connectivity index (χ1n) is 9.59. The van der Waals surface area contributed by atoms with Gasteiger partial charge >= 0.3 is 0 Å². The van der Waals surface area contributed by atoms with Crippen molar-refractivity contribution in [1.29, 1.82) is 0 Å². The van der Waals surface area contributed by atoms with E-state index >= 15 is 0 Å². The van der Waals surface area contributed by atoms with E-state index in [4.69, 9.17) is 4.74 Å². The molecule has 25 heavy (non-hydrogen) atoms. The van der Waals surface area contributed by atoms with Crippen molar-refractivity contribution in [3.63, 3.8) is 0 Å². The number of aromatic nitrogens is 5. The summed E-state index contributed by atoms with van der Waals surface area (Å²) in [6.45, 7) is 3.85. The summed E-state index contributed by atoms with van der Waals surface area (Å²) < 4.78 is 10.0. The normalized spacial score (nSPS) is 26.2. The van der Waals surface area contributed by atoms with E-state index in [9.17, 15) is 0 Å². The Hall–Kier alpha value is -1.73. The molecule has 4 heterocycles. The van der Waals surface area contributed by atoms with E-state index in [1.54, 1.807) is 0 Å². The molecule has 0 amide bonds. The quantitative estimate of drug-likeness (QED) is 0.921. The molecule has 1 spiro atoms. The van der Waals surface area contributed by atoms with Crippen molar-refractivity contribution in [3.8, 4) is 11.3 Å². The van der Waals surface area contributed by atoms with Crippen LogP contribution in [0.2, 0.25) is 0 Å². The SMILES string of the molecule is c1nn(C2CCNCC2)cc1-c1cn(CC2OCCC23CCC3)nn1. The van der Waals surface area contributed by atoms with E-state index in [1.807, 2.05) is 17.1 Å². The van der Waals surface area contributed by atoms with Crippen LogP contribution in [0.25, 0.3) is 11.3 Å². The molecule has 5 rings (SSSR count). The maximum atomic E-state index is 6.00. The Labute approximate surface area is 147 Å². The van der Waals surface area contributed by atoms with Gasteiger partial charge in [-0.05, 0) is 45.2 Å². The van der Waals surface area contributed by atoms with Crippen molar-refractivity contribution in [2.24, 2.45) is 5.41 Å². The van der Waals surface area contributed by atoms with Crippen molar-refractivity contribution < 1.29 is 4.74 Å². The standard InChI is InChI=1S/C18H26N6O/c1-4-18(5-1)6-9-25-17(18)13-23-12-16(21-22-23)14-10-20-24(11-14)15-2-7-19-8-3-15/h10-12,15,17,19H,1-9,13H2. The van der Waals surface area contributed by atoms with Crippen molar-refractivity contribution in [3.05, 3.63) is 18.6 Å². The number of ether oxygens (including phenoxy) is 1. The highest BCUT2D eigenvalue weighted by Crippen LogP contribution is 2.51. The molecule has 134 valence electrons. The van der Waals surface area contributed by atoms with Gasteiger partial charge in [0.25, 0.3) is 0 Å². The largest absolute Gasteiger partial charge is 0.376 e. The Balaban J connectivity index is 1.29. The number of nitrogens with one attached hydrogen (secondary N) is 1. The molecule has 2 saturated heterocycles. The second-order valence-corrected chi connectivity index (χ2v) is 7.84. The van der Waals surface area contributed by atoms with Crippen LogP contribution >= 0.6 is 0 Å². The van der Waals surface area contributed by atoms with E-state index < -0.39 is 0 Å². The van der Waals surface area contributed by atoms with Crippen molar-refractivity contribution >= 4 is 0 Å². The van der Waals surface area contributed by atoms with Crippen LogP contribution < -0.4 is 5.32 Å². The molecule has 0 bridgehead atoms. The molecule has 7 heteroatoms. The number of piperidine rings is 1. The second-order valence-electron chi connectivity index (χ2n) is 7.84. The molecular weight excluding hydrogens is 316 g/mol. The first-order valence-corrected chi connectivity index (χ1v) is 9.59. The lowest BCUT2D eigenvalue weighted by Crippen LogP contribution is -2.40. The molecule has 3 fully saturated rings. The zero-order valence-corrected chi connectivity index (χ0v) is 14.6. The molecule has 1 N–H and O–H groups in total. The molecule has 1 atom stereocenters. The third kappa shape index (κ3) is 2.79. The van der Waals surface area contributed by atoms with Crippen LogP contribution in [-0.2, 0) is 11.3 Å². The van der Waals surface area contributed by atoms with Gasteiger partial charge in [-0.15, -0.1) is 5.10 Å². The lowest BCUT2D eigenvalue weighted by molar-refractivity contribution is -0.00941. The Bertz CT molecular complexity index is 728. The van der Waals surface area contributed by atoms with Crippen LogP contribution in [0.1, 0.15) is 44.6 Å². The molecule has 1 aliphatic carbocycles. The maximum Gasteiger partial charge on any atom is 0.116 e. The van der Waals surface area contributed by atoms with Crippen LogP contribution in [0.5, 0.6) is 0 Å². The Kier molecular flexibility index (Phi) is 3.86. The molecule has 2 aliphatic heterocycles. The lowest BCUT2D eigenvalue weighted by atomic mass is 9.64. The molecule has 0 aromatic carbocycles. The van der Waals surface area contributed by atoms with Crippen molar-refractivity contribution in [1.82, 2.24) is 30.1 Å². The fourth-order valence-electron chi connectivity index (χ4n) is 4.62. The van der Waals surface area contributed by atoms with Gasteiger partial charge in [0.15, 0.2) is 0 Å². The summed E-state index contributed by atoms with van der Waals surface area (Å²) in [4.78, 5) is 0. The van der Waals surface area contributed by atoms with Gasteiger partial charge in [0.1, 0.15) is 5.69 Å². The van der Waals surface area contributed by atoms with Crippen LogP contribution in [0, 0.1) is 5.41 Å². The van der Waals surface area contributed by atoms with Crippen LogP contribution in [0.15, 0.2) is 18.6 Å². The van der Waals surface area contributed by atoms with Crippen molar-refractivity contribution in [2.75, 3.05) is 19.7 Å². The third-order valence-electron chi connectivity index (χ3n) is 6.42. The molecule has 0 radical (unpaired) electrons. The van der Waals surface area contributed by atoms with Gasteiger partial charge in [0.05, 0.1) is 31.1 Å². The molecule has 2 aromatic heterocycles. The first-order chi connectivity index (χ1) is 12.3. The number of hydrogen-bond donors (Lipinski definition) is 1. The van der Waals surface area contributed by atoms with Gasteiger partial charge in [-0.3, -0.25) is 4.68 Å². The van der Waals surface area contributed by atoms with E-state index in [1.165, 1.54) is 25.7 Å².